The number of hydrogen-bond acceptors (Lipinski definition) is 5. The van der Waals surface area contributed by atoms with Crippen molar-refractivity contribution in [2.24, 2.45) is 0 Å². The van der Waals surface area contributed by atoms with E-state index in [1.54, 1.807) is 40.3 Å². The molecule has 0 spiro atoms. The van der Waals surface area contributed by atoms with Crippen LogP contribution >= 0.6 is 0 Å². The summed E-state index contributed by atoms with van der Waals surface area (Å²) in [5.74, 6) is -0.285. The molecule has 0 bridgehead atoms. The Labute approximate surface area is 157 Å². The van der Waals surface area contributed by atoms with Crippen LogP contribution in [0.4, 0.5) is 5.69 Å². The maximum atomic E-state index is 12.8. The second-order valence-corrected chi connectivity index (χ2v) is 8.16. The Balaban J connectivity index is 1.60. The average molecular weight is 391 g/mol. The molecule has 2 aromatic rings. The highest BCUT2D eigenvalue weighted by atomic mass is 32.2. The van der Waals surface area contributed by atoms with E-state index in [1.807, 2.05) is 0 Å². The van der Waals surface area contributed by atoms with Crippen LogP contribution < -0.4 is 5.32 Å². The number of nitrogens with zero attached hydrogens (tertiary/aromatic N) is 4. The van der Waals surface area contributed by atoms with Gasteiger partial charge in [0.15, 0.2) is 0 Å². The zero-order valence-electron chi connectivity index (χ0n) is 14.9. The standard InChI is InChI=1S/C17H21N5O4S/c1-14(23)19-15-2-4-16(5-3-15)27(25,26)22-10-8-21(9-11-22)17(24)12-20-7-6-18-13-20/h2-7,13H,8-12H2,1H3,(H,19,23). The van der Waals surface area contributed by atoms with E-state index < -0.39 is 10.0 Å². The van der Waals surface area contributed by atoms with Crippen molar-refractivity contribution in [3.63, 3.8) is 0 Å². The molecule has 3 rings (SSSR count). The largest absolute Gasteiger partial charge is 0.339 e. The third kappa shape index (κ3) is 4.52. The van der Waals surface area contributed by atoms with Crippen LogP contribution in [-0.2, 0) is 26.2 Å². The topological polar surface area (TPSA) is 105 Å². The summed E-state index contributed by atoms with van der Waals surface area (Å²) in [6.45, 7) is 2.75. The molecule has 9 nitrogen and oxygen atoms in total. The van der Waals surface area contributed by atoms with Crippen LogP contribution in [0.15, 0.2) is 47.9 Å². The van der Waals surface area contributed by atoms with Gasteiger partial charge in [0.05, 0.1) is 11.2 Å². The lowest BCUT2D eigenvalue weighted by atomic mass is 10.3. The molecular formula is C17H21N5O4S. The van der Waals surface area contributed by atoms with Crippen molar-refractivity contribution in [2.75, 3.05) is 31.5 Å². The first-order valence-electron chi connectivity index (χ1n) is 8.47. The van der Waals surface area contributed by atoms with Gasteiger partial charge in [-0.15, -0.1) is 0 Å². The molecular weight excluding hydrogens is 370 g/mol. The quantitative estimate of drug-likeness (QED) is 0.793. The van der Waals surface area contributed by atoms with Crippen molar-refractivity contribution < 1.29 is 18.0 Å². The summed E-state index contributed by atoms with van der Waals surface area (Å²) in [7, 11) is -3.64. The van der Waals surface area contributed by atoms with Gasteiger partial charge in [-0.1, -0.05) is 0 Å². The zero-order valence-corrected chi connectivity index (χ0v) is 15.7. The second kappa shape index (κ2) is 7.89. The third-order valence-electron chi connectivity index (χ3n) is 4.28. The van der Waals surface area contributed by atoms with Crippen LogP contribution in [0.5, 0.6) is 0 Å². The molecule has 10 heteroatoms. The number of carbonyl (C=O) groups is 2. The molecule has 1 aromatic carbocycles. The van der Waals surface area contributed by atoms with Crippen molar-refractivity contribution in [3.8, 4) is 0 Å². The van der Waals surface area contributed by atoms with Crippen LogP contribution in [0.2, 0.25) is 0 Å². The summed E-state index contributed by atoms with van der Waals surface area (Å²) >= 11 is 0. The Bertz CT molecular complexity index is 901. The Morgan fingerprint density at radius 3 is 2.33 bits per heavy atom. The Morgan fingerprint density at radius 2 is 1.78 bits per heavy atom. The van der Waals surface area contributed by atoms with Crippen molar-refractivity contribution >= 4 is 27.5 Å². The van der Waals surface area contributed by atoms with Gasteiger partial charge in [-0.05, 0) is 24.3 Å². The predicted molar refractivity (Wildman–Crippen MR) is 98.3 cm³/mol. The number of hydrogen-bond donors (Lipinski definition) is 1. The van der Waals surface area contributed by atoms with E-state index in [9.17, 15) is 18.0 Å². The number of amides is 2. The Morgan fingerprint density at radius 1 is 1.11 bits per heavy atom. The molecule has 1 aliphatic heterocycles. The molecule has 2 amide bonds. The highest BCUT2D eigenvalue weighted by molar-refractivity contribution is 7.89. The number of sulfonamides is 1. The van der Waals surface area contributed by atoms with E-state index in [4.69, 9.17) is 0 Å². The zero-order chi connectivity index (χ0) is 19.4. The molecule has 144 valence electrons. The Hall–Kier alpha value is -2.72. The maximum absolute atomic E-state index is 12.8. The normalized spacial score (nSPS) is 15.5. The number of piperazine rings is 1. The average Bonchev–Trinajstić information content (AvgIpc) is 3.15. The fourth-order valence-electron chi connectivity index (χ4n) is 2.88. The van der Waals surface area contributed by atoms with E-state index in [0.717, 1.165) is 0 Å². The first-order valence-corrected chi connectivity index (χ1v) is 9.91. The number of aromatic nitrogens is 2. The van der Waals surface area contributed by atoms with Crippen LogP contribution in [0.1, 0.15) is 6.92 Å². The lowest BCUT2D eigenvalue weighted by molar-refractivity contribution is -0.133. The van der Waals surface area contributed by atoms with Crippen molar-refractivity contribution in [1.29, 1.82) is 0 Å². The second-order valence-electron chi connectivity index (χ2n) is 6.23. The van der Waals surface area contributed by atoms with E-state index in [1.165, 1.54) is 23.4 Å². The predicted octanol–water partition coefficient (Wildman–Crippen LogP) is 0.375. The van der Waals surface area contributed by atoms with Crippen LogP contribution in [-0.4, -0.2) is 65.2 Å². The van der Waals surface area contributed by atoms with E-state index in [0.29, 0.717) is 18.8 Å². The number of carbonyl (C=O) groups excluding carboxylic acids is 2. The highest BCUT2D eigenvalue weighted by Crippen LogP contribution is 2.20. The monoisotopic (exact) mass is 391 g/mol. The van der Waals surface area contributed by atoms with Gasteiger partial charge in [0.2, 0.25) is 21.8 Å². The molecule has 1 aliphatic rings. The molecule has 1 aromatic heterocycles. The molecule has 0 atom stereocenters. The van der Waals surface area contributed by atoms with Gasteiger partial charge in [-0.3, -0.25) is 9.59 Å². The van der Waals surface area contributed by atoms with Gasteiger partial charge in [0.25, 0.3) is 0 Å². The number of anilines is 1. The fraction of sp³-hybridized carbons (Fsp3) is 0.353. The summed E-state index contributed by atoms with van der Waals surface area (Å²) in [6, 6.07) is 6.05. The first-order chi connectivity index (χ1) is 12.9. The van der Waals surface area contributed by atoms with Gasteiger partial charge in [-0.25, -0.2) is 13.4 Å². The molecule has 2 heterocycles. The van der Waals surface area contributed by atoms with Gasteiger partial charge >= 0.3 is 0 Å². The maximum Gasteiger partial charge on any atom is 0.243 e. The third-order valence-corrected chi connectivity index (χ3v) is 6.19. The number of rotatable bonds is 5. The van der Waals surface area contributed by atoms with Crippen molar-refractivity contribution in [1.82, 2.24) is 18.8 Å². The van der Waals surface area contributed by atoms with E-state index >= 15 is 0 Å². The molecule has 0 radical (unpaired) electrons. The van der Waals surface area contributed by atoms with Crippen LogP contribution in [0.25, 0.3) is 0 Å². The summed E-state index contributed by atoms with van der Waals surface area (Å²) in [5, 5.41) is 2.60. The van der Waals surface area contributed by atoms with Gasteiger partial charge in [0.1, 0.15) is 6.54 Å². The summed E-state index contributed by atoms with van der Waals surface area (Å²) in [5.41, 5.74) is 0.538. The fourth-order valence-corrected chi connectivity index (χ4v) is 4.30. The van der Waals surface area contributed by atoms with Crippen LogP contribution in [0, 0.1) is 0 Å². The first kappa shape index (κ1) is 19.1. The number of benzene rings is 1. The van der Waals surface area contributed by atoms with E-state index in [2.05, 4.69) is 10.3 Å². The minimum atomic E-state index is -3.64. The minimum absolute atomic E-state index is 0.0651. The summed E-state index contributed by atoms with van der Waals surface area (Å²) in [4.78, 5) is 29.1. The minimum Gasteiger partial charge on any atom is -0.339 e. The number of imidazole rings is 1. The lowest BCUT2D eigenvalue weighted by Crippen LogP contribution is -2.51. The van der Waals surface area contributed by atoms with Crippen molar-refractivity contribution in [3.05, 3.63) is 43.0 Å². The number of nitrogens with one attached hydrogen (secondary N) is 1. The Kier molecular flexibility index (Phi) is 5.57. The molecule has 0 unspecified atom stereocenters. The molecule has 27 heavy (non-hydrogen) atoms. The molecule has 1 N–H and O–H groups in total. The summed E-state index contributed by atoms with van der Waals surface area (Å²) in [6.07, 6.45) is 4.89. The molecule has 1 saturated heterocycles. The van der Waals surface area contributed by atoms with Gasteiger partial charge in [0, 0.05) is 51.2 Å². The summed E-state index contributed by atoms with van der Waals surface area (Å²) < 4.78 is 28.6. The van der Waals surface area contributed by atoms with Gasteiger partial charge in [-0.2, -0.15) is 4.31 Å². The molecule has 0 saturated carbocycles. The highest BCUT2D eigenvalue weighted by Gasteiger charge is 2.30. The van der Waals surface area contributed by atoms with Crippen molar-refractivity contribution in [2.45, 2.75) is 18.4 Å². The molecule has 1 fully saturated rings. The van der Waals surface area contributed by atoms with E-state index in [-0.39, 0.29) is 36.3 Å². The lowest BCUT2D eigenvalue weighted by Gasteiger charge is -2.34. The smallest absolute Gasteiger partial charge is 0.243 e. The van der Waals surface area contributed by atoms with Crippen LogP contribution in [0.3, 0.4) is 0 Å². The SMILES string of the molecule is CC(=O)Nc1ccc(S(=O)(=O)N2CCN(C(=O)Cn3ccnc3)CC2)cc1. The van der Waals surface area contributed by atoms with Gasteiger partial charge < -0.3 is 14.8 Å². The molecule has 0 aliphatic carbocycles.